The highest BCUT2D eigenvalue weighted by atomic mass is 16.5. The summed E-state index contributed by atoms with van der Waals surface area (Å²) >= 11 is 0. The van der Waals surface area contributed by atoms with Crippen molar-refractivity contribution in [3.05, 3.63) is 71.7 Å². The van der Waals surface area contributed by atoms with E-state index >= 15 is 0 Å². The molecule has 1 aliphatic rings. The molecule has 5 rings (SSSR count). The highest BCUT2D eigenvalue weighted by Gasteiger charge is 2.17. The highest BCUT2D eigenvalue weighted by Crippen LogP contribution is 2.34. The van der Waals surface area contributed by atoms with Gasteiger partial charge in [0.2, 0.25) is 0 Å². The number of rotatable bonds is 8. The molecule has 1 aliphatic heterocycles. The second kappa shape index (κ2) is 11.1. The van der Waals surface area contributed by atoms with Gasteiger partial charge in [0.25, 0.3) is 0 Å². The first-order valence-corrected chi connectivity index (χ1v) is 12.2. The van der Waals surface area contributed by atoms with Crippen LogP contribution < -0.4 is 19.7 Å². The minimum absolute atomic E-state index is 0.382. The van der Waals surface area contributed by atoms with Gasteiger partial charge in [0.15, 0.2) is 11.5 Å². The van der Waals surface area contributed by atoms with E-state index in [0.717, 1.165) is 42.3 Å². The van der Waals surface area contributed by atoms with Gasteiger partial charge in [0, 0.05) is 42.3 Å². The molecule has 0 aliphatic carbocycles. The van der Waals surface area contributed by atoms with Crippen molar-refractivity contribution in [3.63, 3.8) is 0 Å². The van der Waals surface area contributed by atoms with Crippen LogP contribution in [-0.2, 0) is 17.8 Å². The van der Waals surface area contributed by atoms with Gasteiger partial charge in [-0.05, 0) is 36.8 Å². The zero-order valence-corrected chi connectivity index (χ0v) is 20.9. The number of nitriles is 1. The summed E-state index contributed by atoms with van der Waals surface area (Å²) in [6.07, 6.45) is 4.48. The summed E-state index contributed by atoms with van der Waals surface area (Å²) in [4.78, 5) is 15.9. The molecular weight excluding hydrogens is 468 g/mol. The molecule has 37 heavy (non-hydrogen) atoms. The fraction of sp³-hybridized carbons (Fsp3) is 0.286. The van der Waals surface area contributed by atoms with Crippen molar-refractivity contribution < 1.29 is 14.2 Å². The van der Waals surface area contributed by atoms with Crippen LogP contribution in [0.5, 0.6) is 11.5 Å². The normalized spacial score (nSPS) is 13.3. The maximum Gasteiger partial charge on any atom is 0.162 e. The van der Waals surface area contributed by atoms with Crippen molar-refractivity contribution in [3.8, 4) is 17.6 Å². The fourth-order valence-electron chi connectivity index (χ4n) is 4.16. The molecule has 0 atom stereocenters. The smallest absolute Gasteiger partial charge is 0.162 e. The van der Waals surface area contributed by atoms with Crippen LogP contribution in [0.4, 0.5) is 17.2 Å². The number of ether oxygens (including phenoxy) is 3. The highest BCUT2D eigenvalue weighted by molar-refractivity contribution is 5.89. The van der Waals surface area contributed by atoms with E-state index in [4.69, 9.17) is 19.2 Å². The summed E-state index contributed by atoms with van der Waals surface area (Å²) in [6, 6.07) is 15.6. The van der Waals surface area contributed by atoms with Crippen molar-refractivity contribution in [1.29, 1.82) is 5.26 Å². The summed E-state index contributed by atoms with van der Waals surface area (Å²) in [7, 11) is 1.60. The Morgan fingerprint density at radius 2 is 1.92 bits per heavy atom. The number of methoxy groups -OCH3 is 1. The molecule has 2 aromatic heterocycles. The molecule has 0 bridgehead atoms. The van der Waals surface area contributed by atoms with Gasteiger partial charge in [0.05, 0.1) is 37.7 Å². The van der Waals surface area contributed by atoms with Gasteiger partial charge in [-0.1, -0.05) is 13.0 Å². The molecule has 0 unspecified atom stereocenters. The summed E-state index contributed by atoms with van der Waals surface area (Å²) in [6.45, 7) is 5.25. The zero-order chi connectivity index (χ0) is 25.6. The number of fused-ring (bicyclic) bond motifs is 1. The van der Waals surface area contributed by atoms with Crippen molar-refractivity contribution in [1.82, 2.24) is 15.0 Å². The molecule has 1 N–H and O–H groups in total. The third-order valence-electron chi connectivity index (χ3n) is 6.23. The number of hydrogen-bond acceptors (Lipinski definition) is 9. The molecule has 2 aromatic carbocycles. The first kappa shape index (κ1) is 24.3. The van der Waals surface area contributed by atoms with E-state index in [-0.39, 0.29) is 0 Å². The van der Waals surface area contributed by atoms with Crippen LogP contribution >= 0.6 is 0 Å². The predicted molar refractivity (Wildman–Crippen MR) is 142 cm³/mol. The molecule has 9 nitrogen and oxygen atoms in total. The molecule has 188 valence electrons. The lowest BCUT2D eigenvalue weighted by Crippen LogP contribution is -2.36. The summed E-state index contributed by atoms with van der Waals surface area (Å²) in [5, 5.41) is 13.3. The molecule has 0 amide bonds. The number of aryl methyl sites for hydroxylation is 1. The van der Waals surface area contributed by atoms with Gasteiger partial charge in [-0.15, -0.1) is 0 Å². The van der Waals surface area contributed by atoms with E-state index in [1.54, 1.807) is 13.3 Å². The number of aromatic nitrogens is 3. The van der Waals surface area contributed by atoms with E-state index in [2.05, 4.69) is 33.2 Å². The Labute approximate surface area is 215 Å². The van der Waals surface area contributed by atoms with Gasteiger partial charge in [-0.3, -0.25) is 9.97 Å². The lowest BCUT2D eigenvalue weighted by molar-refractivity contribution is 0.122. The Kier molecular flexibility index (Phi) is 7.28. The number of hydrogen-bond donors (Lipinski definition) is 1. The zero-order valence-electron chi connectivity index (χ0n) is 20.9. The second-order valence-corrected chi connectivity index (χ2v) is 8.59. The Morgan fingerprint density at radius 3 is 2.65 bits per heavy atom. The lowest BCUT2D eigenvalue weighted by atomic mass is 10.1. The molecule has 0 saturated carbocycles. The summed E-state index contributed by atoms with van der Waals surface area (Å²) < 4.78 is 17.0. The van der Waals surface area contributed by atoms with Crippen LogP contribution in [0, 0.1) is 11.3 Å². The maximum atomic E-state index is 10.0. The van der Waals surface area contributed by atoms with E-state index < -0.39 is 0 Å². The molecule has 1 saturated heterocycles. The summed E-state index contributed by atoms with van der Waals surface area (Å²) in [5.41, 5.74) is 5.09. The van der Waals surface area contributed by atoms with E-state index in [1.807, 2.05) is 48.7 Å². The Hall–Kier alpha value is -4.42. The average molecular weight is 497 g/mol. The molecular formula is C28H28N6O3. The van der Waals surface area contributed by atoms with Crippen molar-refractivity contribution in [2.75, 3.05) is 43.6 Å². The second-order valence-electron chi connectivity index (χ2n) is 8.59. The van der Waals surface area contributed by atoms with Crippen molar-refractivity contribution in [2.45, 2.75) is 20.0 Å². The van der Waals surface area contributed by atoms with Crippen LogP contribution in [0.1, 0.15) is 23.7 Å². The largest absolute Gasteiger partial charge is 0.493 e. The first-order valence-electron chi connectivity index (χ1n) is 12.2. The van der Waals surface area contributed by atoms with Crippen LogP contribution in [0.3, 0.4) is 0 Å². The van der Waals surface area contributed by atoms with Crippen molar-refractivity contribution >= 4 is 28.2 Å². The lowest BCUT2D eigenvalue weighted by Gasteiger charge is -2.27. The van der Waals surface area contributed by atoms with Gasteiger partial charge >= 0.3 is 0 Å². The van der Waals surface area contributed by atoms with Gasteiger partial charge in [0.1, 0.15) is 29.6 Å². The van der Waals surface area contributed by atoms with E-state index in [1.165, 1.54) is 0 Å². The number of pyridine rings is 1. The van der Waals surface area contributed by atoms with E-state index in [9.17, 15) is 5.26 Å². The topological polar surface area (TPSA) is 105 Å². The Bertz CT molecular complexity index is 1430. The SMILES string of the molecule is CCc1ccc(COc2ccc(Nc3ccc4ncc(N5CCOCC5)nc4c3C#N)cc2OC)cn1. The predicted octanol–water partition coefficient (Wildman–Crippen LogP) is 4.63. The number of nitrogens with one attached hydrogen (secondary N) is 1. The van der Waals surface area contributed by atoms with Crippen molar-refractivity contribution in [2.24, 2.45) is 0 Å². The van der Waals surface area contributed by atoms with Crippen LogP contribution in [0.2, 0.25) is 0 Å². The fourth-order valence-corrected chi connectivity index (χ4v) is 4.16. The van der Waals surface area contributed by atoms with Gasteiger partial charge < -0.3 is 24.4 Å². The standard InChI is InChI=1S/C28H28N6O3/c1-3-20-5-4-19(16-30-20)18-37-25-9-6-21(14-26(25)35-2)32-23-7-8-24-28(22(23)15-29)33-27(17-31-24)34-10-12-36-13-11-34/h4-9,14,16-17,32H,3,10-13,18H2,1-2H3. The molecule has 9 heteroatoms. The maximum absolute atomic E-state index is 10.0. The van der Waals surface area contributed by atoms with Crippen LogP contribution in [-0.4, -0.2) is 48.4 Å². The Morgan fingerprint density at radius 1 is 1.05 bits per heavy atom. The van der Waals surface area contributed by atoms with Crippen LogP contribution in [0.15, 0.2) is 54.9 Å². The molecule has 4 aromatic rings. The van der Waals surface area contributed by atoms with E-state index in [0.29, 0.717) is 53.6 Å². The van der Waals surface area contributed by atoms with Gasteiger partial charge in [-0.2, -0.15) is 5.26 Å². The average Bonchev–Trinajstić information content (AvgIpc) is 2.96. The molecule has 0 radical (unpaired) electrons. The number of morpholine rings is 1. The number of benzene rings is 2. The minimum Gasteiger partial charge on any atom is -0.493 e. The third-order valence-corrected chi connectivity index (χ3v) is 6.23. The minimum atomic E-state index is 0.382. The third kappa shape index (κ3) is 5.39. The van der Waals surface area contributed by atoms with Gasteiger partial charge in [-0.25, -0.2) is 4.98 Å². The Balaban J connectivity index is 1.37. The first-order chi connectivity index (χ1) is 18.2. The quantitative estimate of drug-likeness (QED) is 0.374. The summed E-state index contributed by atoms with van der Waals surface area (Å²) in [5.74, 6) is 1.94. The molecule has 1 fully saturated rings. The molecule has 3 heterocycles. The molecule has 0 spiro atoms. The number of anilines is 3. The number of nitrogens with zero attached hydrogens (tertiary/aromatic N) is 5. The van der Waals surface area contributed by atoms with Crippen LogP contribution in [0.25, 0.3) is 11.0 Å². The monoisotopic (exact) mass is 496 g/mol.